The topological polar surface area (TPSA) is 40.6 Å². The third-order valence-electron chi connectivity index (χ3n) is 14.4. The minimum Gasteiger partial charge on any atom is -0.309 e. The minimum atomic E-state index is -0.295. The molecule has 5 nitrogen and oxygen atoms in total. The first kappa shape index (κ1) is 41.9. The monoisotopic (exact) mass is 883 g/mol. The Kier molecular flexibility index (Phi) is 9.57. The van der Waals surface area contributed by atoms with E-state index in [9.17, 15) is 0 Å². The van der Waals surface area contributed by atoms with Crippen molar-refractivity contribution in [1.82, 2.24) is 23.7 Å². The van der Waals surface area contributed by atoms with Gasteiger partial charge in [-0.05, 0) is 101 Å². The summed E-state index contributed by atoms with van der Waals surface area (Å²) in [4.78, 5) is 11.1. The van der Waals surface area contributed by atoms with Crippen LogP contribution in [-0.4, -0.2) is 23.7 Å². The maximum absolute atomic E-state index is 5.59. The van der Waals surface area contributed by atoms with Crippen molar-refractivity contribution < 1.29 is 0 Å². The molecule has 4 heterocycles. The summed E-state index contributed by atoms with van der Waals surface area (Å²) in [7, 11) is 0. The lowest BCUT2D eigenvalue weighted by atomic mass is 9.82. The van der Waals surface area contributed by atoms with Crippen molar-refractivity contribution in [2.75, 3.05) is 0 Å². The maximum atomic E-state index is 5.59. The summed E-state index contributed by atoms with van der Waals surface area (Å²) in [5, 5.41) is 8.40. The molecule has 0 spiro atoms. The number of hydrogen-bond acceptors (Lipinski definition) is 2. The molecule has 0 atom stereocenters. The van der Waals surface area contributed by atoms with E-state index < -0.39 is 0 Å². The molecule has 0 radical (unpaired) electrons. The second-order valence-corrected chi connectivity index (χ2v) is 20.8. The van der Waals surface area contributed by atoms with E-state index in [2.05, 4.69) is 240 Å². The van der Waals surface area contributed by atoms with Gasteiger partial charge in [-0.1, -0.05) is 159 Å². The van der Waals surface area contributed by atoms with E-state index in [0.717, 1.165) is 39.5 Å². The van der Waals surface area contributed by atoms with Gasteiger partial charge in [0.25, 0.3) is 0 Å². The van der Waals surface area contributed by atoms with Gasteiger partial charge in [0, 0.05) is 65.7 Å². The molecule has 5 heteroatoms. The van der Waals surface area contributed by atoms with Crippen molar-refractivity contribution in [3.8, 4) is 28.3 Å². The molecule has 0 N–H and O–H groups in total. The highest BCUT2D eigenvalue weighted by atomic mass is 15.0. The van der Waals surface area contributed by atoms with Crippen LogP contribution in [-0.2, 0) is 5.41 Å². The normalized spacial score (nSPS) is 12.6. The average molecular weight is 884 g/mol. The minimum absolute atomic E-state index is 0.295. The molecule has 0 aliphatic carbocycles. The van der Waals surface area contributed by atoms with Crippen molar-refractivity contribution in [2.45, 2.75) is 85.5 Å². The van der Waals surface area contributed by atoms with Gasteiger partial charge in [0.2, 0.25) is 0 Å². The molecular formula is C63H57N5. The van der Waals surface area contributed by atoms with Crippen LogP contribution in [0.25, 0.3) is 105 Å². The number of para-hydroxylation sites is 4. The Morgan fingerprint density at radius 2 is 0.868 bits per heavy atom. The number of fused-ring (bicyclic) bond motifs is 12. The number of aromatic nitrogens is 5. The molecular weight excluding hydrogens is 827 g/mol. The second-order valence-electron chi connectivity index (χ2n) is 20.8. The first-order valence-electron chi connectivity index (χ1n) is 24.4. The Labute approximate surface area is 398 Å². The zero-order chi connectivity index (χ0) is 46.7. The summed E-state index contributed by atoms with van der Waals surface area (Å²) >= 11 is 0. The van der Waals surface area contributed by atoms with Crippen LogP contribution in [0.3, 0.4) is 0 Å². The SMILES string of the molecule is CC(C)c1cc(C(C)C)c(-c2nc(C(C)(C)C)nc3cc(-n4c5c(ccc6c5c5ccccc5n6-c5ccccc5)c5ccc6c(c7ccccc7n6-c6ccccc6)c54)ccc23)c(C(C)C)c1. The van der Waals surface area contributed by atoms with Crippen molar-refractivity contribution in [3.05, 3.63) is 186 Å². The van der Waals surface area contributed by atoms with Crippen LogP contribution in [0.15, 0.2) is 164 Å². The van der Waals surface area contributed by atoms with Gasteiger partial charge in [0.15, 0.2) is 0 Å². The summed E-state index contributed by atoms with van der Waals surface area (Å²) in [6.45, 7) is 20.6. The smallest absolute Gasteiger partial charge is 0.135 e. The molecule has 0 saturated carbocycles. The number of benzene rings is 8. The summed E-state index contributed by atoms with van der Waals surface area (Å²) in [6.07, 6.45) is 0. The first-order valence-corrected chi connectivity index (χ1v) is 24.4. The van der Waals surface area contributed by atoms with Gasteiger partial charge >= 0.3 is 0 Å². The van der Waals surface area contributed by atoms with E-state index in [1.807, 2.05) is 0 Å². The Bertz CT molecular complexity index is 3770. The molecule has 334 valence electrons. The van der Waals surface area contributed by atoms with E-state index in [1.165, 1.54) is 87.7 Å². The van der Waals surface area contributed by atoms with E-state index in [4.69, 9.17) is 9.97 Å². The Hall–Kier alpha value is -7.50. The summed E-state index contributed by atoms with van der Waals surface area (Å²) in [5.41, 5.74) is 17.4. The highest BCUT2D eigenvalue weighted by Crippen LogP contribution is 2.47. The Morgan fingerprint density at radius 1 is 0.397 bits per heavy atom. The Morgan fingerprint density at radius 3 is 1.34 bits per heavy atom. The third kappa shape index (κ3) is 6.28. The zero-order valence-electron chi connectivity index (χ0n) is 40.6. The fourth-order valence-corrected chi connectivity index (χ4v) is 11.1. The molecule has 12 aromatic rings. The van der Waals surface area contributed by atoms with Crippen molar-refractivity contribution >= 4 is 76.3 Å². The molecule has 0 fully saturated rings. The van der Waals surface area contributed by atoms with Gasteiger partial charge in [0.05, 0.1) is 44.3 Å². The van der Waals surface area contributed by atoms with E-state index in [0.29, 0.717) is 17.8 Å². The van der Waals surface area contributed by atoms with Gasteiger partial charge < -0.3 is 13.7 Å². The molecule has 0 aliphatic heterocycles. The van der Waals surface area contributed by atoms with Crippen molar-refractivity contribution in [1.29, 1.82) is 0 Å². The lowest BCUT2D eigenvalue weighted by Gasteiger charge is -2.25. The number of rotatable bonds is 7. The molecule has 0 bridgehead atoms. The molecule has 12 rings (SSSR count). The summed E-state index contributed by atoms with van der Waals surface area (Å²) in [5.74, 6) is 1.88. The van der Waals surface area contributed by atoms with Crippen LogP contribution >= 0.6 is 0 Å². The van der Waals surface area contributed by atoms with E-state index in [-0.39, 0.29) is 5.41 Å². The lowest BCUT2D eigenvalue weighted by molar-refractivity contribution is 0.549. The quantitative estimate of drug-likeness (QED) is 0.160. The van der Waals surface area contributed by atoms with Gasteiger partial charge in [0.1, 0.15) is 5.82 Å². The molecule has 0 saturated heterocycles. The standard InChI is InChI=1S/C63H57N5/c1-37(2)40-34-49(38(3)4)56(50(35-40)39(5)6)59-46-29-28-43(36-51(46)64-62(65-59)63(7,8)9)68-60-44(30-32-54-57(60)47-24-16-18-26-52(47)66(54)41-20-12-10-13-21-41)45-31-33-55-58(61(45)68)48-25-17-19-27-53(48)67(55)42-22-14-11-15-23-42/h10-39H,1-9H3. The highest BCUT2D eigenvalue weighted by Gasteiger charge is 2.28. The first-order chi connectivity index (χ1) is 32.9. The largest absolute Gasteiger partial charge is 0.309 e. The predicted octanol–water partition coefficient (Wildman–Crippen LogP) is 17.3. The van der Waals surface area contributed by atoms with E-state index >= 15 is 0 Å². The molecule has 4 aromatic heterocycles. The van der Waals surface area contributed by atoms with E-state index in [1.54, 1.807) is 0 Å². The van der Waals surface area contributed by atoms with Gasteiger partial charge in [-0.15, -0.1) is 0 Å². The zero-order valence-corrected chi connectivity index (χ0v) is 40.6. The van der Waals surface area contributed by atoms with Gasteiger partial charge in [-0.25, -0.2) is 9.97 Å². The van der Waals surface area contributed by atoms with Crippen LogP contribution in [0.5, 0.6) is 0 Å². The third-order valence-corrected chi connectivity index (χ3v) is 14.4. The fourth-order valence-electron chi connectivity index (χ4n) is 11.1. The highest BCUT2D eigenvalue weighted by molar-refractivity contribution is 6.31. The predicted molar refractivity (Wildman–Crippen MR) is 289 cm³/mol. The second kappa shape index (κ2) is 15.5. The fraction of sp³-hybridized carbons (Fsp3) is 0.206. The summed E-state index contributed by atoms with van der Waals surface area (Å²) in [6, 6.07) is 60.7. The van der Waals surface area contributed by atoms with Crippen LogP contribution in [0.1, 0.15) is 103 Å². The molecule has 68 heavy (non-hydrogen) atoms. The lowest BCUT2D eigenvalue weighted by Crippen LogP contribution is -2.17. The Balaban J connectivity index is 1.27. The van der Waals surface area contributed by atoms with Crippen LogP contribution < -0.4 is 0 Å². The van der Waals surface area contributed by atoms with Gasteiger partial charge in [-0.2, -0.15) is 0 Å². The van der Waals surface area contributed by atoms with Crippen LogP contribution in [0, 0.1) is 0 Å². The molecule has 8 aromatic carbocycles. The molecule has 0 amide bonds. The maximum Gasteiger partial charge on any atom is 0.135 e. The van der Waals surface area contributed by atoms with Crippen LogP contribution in [0.4, 0.5) is 0 Å². The molecule has 0 unspecified atom stereocenters. The average Bonchev–Trinajstić information content (AvgIpc) is 3.99. The number of hydrogen-bond donors (Lipinski definition) is 0. The molecule has 0 aliphatic rings. The summed E-state index contributed by atoms with van der Waals surface area (Å²) < 4.78 is 7.44. The van der Waals surface area contributed by atoms with Crippen molar-refractivity contribution in [3.63, 3.8) is 0 Å². The van der Waals surface area contributed by atoms with Gasteiger partial charge in [-0.3, -0.25) is 0 Å². The van der Waals surface area contributed by atoms with Crippen molar-refractivity contribution in [2.24, 2.45) is 0 Å². The van der Waals surface area contributed by atoms with Crippen LogP contribution in [0.2, 0.25) is 0 Å². The number of nitrogens with zero attached hydrogens (tertiary/aromatic N) is 5.